The number of hydrogen-bond acceptors (Lipinski definition) is 3. The molecule has 8 heteroatoms. The van der Waals surface area contributed by atoms with Crippen LogP contribution < -0.4 is 5.32 Å². The Morgan fingerprint density at radius 1 is 1.08 bits per heavy atom. The lowest BCUT2D eigenvalue weighted by atomic mass is 10.1. The van der Waals surface area contributed by atoms with E-state index in [-0.39, 0.29) is 12.1 Å². The Bertz CT molecular complexity index is 813. The molecule has 0 bridgehead atoms. The van der Waals surface area contributed by atoms with Crippen molar-refractivity contribution in [3.05, 3.63) is 71.9 Å². The van der Waals surface area contributed by atoms with Crippen LogP contribution in [0.3, 0.4) is 0 Å². The molecule has 0 amide bonds. The van der Waals surface area contributed by atoms with Gasteiger partial charge in [0.2, 0.25) is 0 Å². The number of hydrogen-bond donors (Lipinski definition) is 2. The van der Waals surface area contributed by atoms with Gasteiger partial charge in [0.15, 0.2) is 0 Å². The van der Waals surface area contributed by atoms with Gasteiger partial charge in [-0.25, -0.2) is 4.39 Å². The summed E-state index contributed by atoms with van der Waals surface area (Å²) in [5.74, 6) is -0.392. The molecule has 0 spiro atoms. The first-order valence-electron chi connectivity index (χ1n) is 7.43. The molecular formula is C17H14F4N4. The molecule has 3 rings (SSSR count). The monoisotopic (exact) mass is 350 g/mol. The predicted molar refractivity (Wildman–Crippen MR) is 83.9 cm³/mol. The molecule has 2 aromatic heterocycles. The molecule has 0 saturated heterocycles. The Balaban J connectivity index is 1.81. The second kappa shape index (κ2) is 7.02. The maximum atomic E-state index is 13.3. The van der Waals surface area contributed by atoms with Gasteiger partial charge in [-0.05, 0) is 35.9 Å². The zero-order valence-corrected chi connectivity index (χ0v) is 12.9. The topological polar surface area (TPSA) is 53.6 Å². The number of alkyl halides is 3. The van der Waals surface area contributed by atoms with Crippen molar-refractivity contribution in [2.24, 2.45) is 0 Å². The van der Waals surface area contributed by atoms with Crippen LogP contribution >= 0.6 is 0 Å². The highest BCUT2D eigenvalue weighted by atomic mass is 19.4. The van der Waals surface area contributed by atoms with E-state index in [1.54, 1.807) is 0 Å². The number of H-pyrrole nitrogens is 1. The van der Waals surface area contributed by atoms with E-state index in [1.165, 1.54) is 55.0 Å². The second-order valence-corrected chi connectivity index (χ2v) is 5.42. The predicted octanol–water partition coefficient (Wildman–Crippen LogP) is 4.00. The van der Waals surface area contributed by atoms with Crippen LogP contribution in [0.15, 0.2) is 55.0 Å². The van der Waals surface area contributed by atoms with Crippen molar-refractivity contribution < 1.29 is 17.6 Å². The smallest absolute Gasteiger partial charge is 0.298 e. The van der Waals surface area contributed by atoms with Crippen LogP contribution in [-0.2, 0) is 6.54 Å². The van der Waals surface area contributed by atoms with Crippen molar-refractivity contribution >= 4 is 0 Å². The van der Waals surface area contributed by atoms with Gasteiger partial charge in [-0.1, -0.05) is 6.07 Å². The summed E-state index contributed by atoms with van der Waals surface area (Å²) in [7, 11) is 0. The largest absolute Gasteiger partial charge is 0.407 e. The molecule has 0 radical (unpaired) electrons. The first-order chi connectivity index (χ1) is 11.9. The highest BCUT2D eigenvalue weighted by molar-refractivity contribution is 5.62. The van der Waals surface area contributed by atoms with Gasteiger partial charge in [0.25, 0.3) is 0 Å². The minimum absolute atomic E-state index is 0.0295. The minimum Gasteiger partial charge on any atom is -0.298 e. The van der Waals surface area contributed by atoms with Crippen molar-refractivity contribution in [1.29, 1.82) is 0 Å². The molecule has 0 unspecified atom stereocenters. The van der Waals surface area contributed by atoms with Gasteiger partial charge in [-0.2, -0.15) is 18.3 Å². The Labute approximate surface area is 140 Å². The van der Waals surface area contributed by atoms with Crippen LogP contribution in [-0.4, -0.2) is 21.4 Å². The first-order valence-corrected chi connectivity index (χ1v) is 7.43. The number of aromatic amines is 1. The summed E-state index contributed by atoms with van der Waals surface area (Å²) in [5.41, 5.74) is 1.76. The van der Waals surface area contributed by atoms with Crippen molar-refractivity contribution in [1.82, 2.24) is 20.5 Å². The van der Waals surface area contributed by atoms with Gasteiger partial charge in [0.05, 0.1) is 11.9 Å². The third kappa shape index (κ3) is 4.03. The van der Waals surface area contributed by atoms with Crippen LogP contribution in [0.1, 0.15) is 17.2 Å². The molecular weight excluding hydrogens is 336 g/mol. The van der Waals surface area contributed by atoms with Crippen LogP contribution in [0.2, 0.25) is 0 Å². The first kappa shape index (κ1) is 17.1. The Morgan fingerprint density at radius 3 is 2.48 bits per heavy atom. The Morgan fingerprint density at radius 2 is 1.84 bits per heavy atom. The van der Waals surface area contributed by atoms with E-state index < -0.39 is 18.0 Å². The average Bonchev–Trinajstić information content (AvgIpc) is 3.04. The van der Waals surface area contributed by atoms with Gasteiger partial charge >= 0.3 is 6.18 Å². The van der Waals surface area contributed by atoms with E-state index in [2.05, 4.69) is 20.5 Å². The lowest BCUT2D eigenvalue weighted by molar-refractivity contribution is -0.158. The zero-order chi connectivity index (χ0) is 17.9. The summed E-state index contributed by atoms with van der Waals surface area (Å²) >= 11 is 0. The molecule has 25 heavy (non-hydrogen) atoms. The number of aromatic nitrogens is 3. The van der Waals surface area contributed by atoms with Crippen molar-refractivity contribution in [2.45, 2.75) is 18.8 Å². The number of nitrogens with one attached hydrogen (secondary N) is 2. The van der Waals surface area contributed by atoms with E-state index >= 15 is 0 Å². The number of benzene rings is 1. The molecule has 2 heterocycles. The van der Waals surface area contributed by atoms with Crippen LogP contribution in [0.5, 0.6) is 0 Å². The second-order valence-electron chi connectivity index (χ2n) is 5.42. The molecule has 130 valence electrons. The Hall–Kier alpha value is -2.74. The molecule has 0 aliphatic rings. The van der Waals surface area contributed by atoms with Crippen LogP contribution in [0.25, 0.3) is 11.3 Å². The molecule has 4 nitrogen and oxygen atoms in total. The molecule has 2 N–H and O–H groups in total. The maximum absolute atomic E-state index is 13.3. The number of rotatable bonds is 5. The SMILES string of the molecule is Fc1ccc(-c2[nH]ncc2CN[C@@H](c2cccnc2)C(F)(F)F)cc1. The number of nitrogens with zero attached hydrogens (tertiary/aromatic N) is 2. The van der Waals surface area contributed by atoms with E-state index in [0.717, 1.165) is 0 Å². The Kier molecular flexibility index (Phi) is 4.80. The average molecular weight is 350 g/mol. The fraction of sp³-hybridized carbons (Fsp3) is 0.176. The molecule has 0 fully saturated rings. The zero-order valence-electron chi connectivity index (χ0n) is 12.9. The summed E-state index contributed by atoms with van der Waals surface area (Å²) in [6.45, 7) is -0.0672. The van der Waals surface area contributed by atoms with Crippen molar-refractivity contribution in [2.75, 3.05) is 0 Å². The standard InChI is InChI=1S/C17H14F4N4/c18-14-5-3-11(4-6-14)15-13(10-24-25-15)9-23-16(17(19,20)21)12-2-1-7-22-8-12/h1-8,10,16,23H,9H2,(H,24,25)/t16-/m0/s1. The van der Waals surface area contributed by atoms with Gasteiger partial charge in [0.1, 0.15) is 11.9 Å². The summed E-state index contributed by atoms with van der Waals surface area (Å²) in [4.78, 5) is 3.74. The van der Waals surface area contributed by atoms with Crippen LogP contribution in [0, 0.1) is 5.82 Å². The molecule has 0 aliphatic heterocycles. The maximum Gasteiger partial charge on any atom is 0.407 e. The van der Waals surface area contributed by atoms with Crippen molar-refractivity contribution in [3.63, 3.8) is 0 Å². The number of pyridine rings is 1. The lowest BCUT2D eigenvalue weighted by Crippen LogP contribution is -2.33. The fourth-order valence-corrected chi connectivity index (χ4v) is 2.49. The number of halogens is 4. The van der Waals surface area contributed by atoms with E-state index in [0.29, 0.717) is 16.8 Å². The van der Waals surface area contributed by atoms with E-state index in [9.17, 15) is 17.6 Å². The molecule has 0 saturated carbocycles. The summed E-state index contributed by atoms with van der Waals surface area (Å²) < 4.78 is 53.1. The third-order valence-corrected chi connectivity index (χ3v) is 3.69. The van der Waals surface area contributed by atoms with Gasteiger partial charge in [-0.3, -0.25) is 15.4 Å². The van der Waals surface area contributed by atoms with Crippen LogP contribution in [0.4, 0.5) is 17.6 Å². The van der Waals surface area contributed by atoms with E-state index in [4.69, 9.17) is 0 Å². The highest BCUT2D eigenvalue weighted by Crippen LogP contribution is 2.33. The quantitative estimate of drug-likeness (QED) is 0.684. The molecule has 0 aliphatic carbocycles. The lowest BCUT2D eigenvalue weighted by Gasteiger charge is -2.21. The fourth-order valence-electron chi connectivity index (χ4n) is 2.49. The van der Waals surface area contributed by atoms with Crippen molar-refractivity contribution in [3.8, 4) is 11.3 Å². The van der Waals surface area contributed by atoms with Gasteiger partial charge in [-0.15, -0.1) is 0 Å². The summed E-state index contributed by atoms with van der Waals surface area (Å²) in [5, 5.41) is 9.12. The third-order valence-electron chi connectivity index (χ3n) is 3.69. The normalized spacial score (nSPS) is 13.0. The van der Waals surface area contributed by atoms with Gasteiger partial charge in [0, 0.05) is 30.1 Å². The molecule has 1 aromatic carbocycles. The molecule has 3 aromatic rings. The summed E-state index contributed by atoms with van der Waals surface area (Å²) in [6.07, 6.45) is -0.424. The van der Waals surface area contributed by atoms with Gasteiger partial charge < -0.3 is 0 Å². The highest BCUT2D eigenvalue weighted by Gasteiger charge is 2.40. The minimum atomic E-state index is -4.47. The van der Waals surface area contributed by atoms with E-state index in [1.807, 2.05) is 0 Å². The summed E-state index contributed by atoms with van der Waals surface area (Å²) in [6, 6.07) is 6.61. The molecule has 1 atom stereocenters.